The molecule has 0 radical (unpaired) electrons. The molecule has 2 N–H and O–H groups in total. The summed E-state index contributed by atoms with van der Waals surface area (Å²) in [4.78, 5) is 1.91. The largest absolute Gasteiger partial charge is 0.282 e. The monoisotopic (exact) mass is 409 g/mol. The number of halogens is 1. The van der Waals surface area contributed by atoms with Crippen molar-refractivity contribution in [2.45, 2.75) is 32.1 Å². The van der Waals surface area contributed by atoms with Crippen LogP contribution in [0.2, 0.25) is 5.02 Å². The Morgan fingerprint density at radius 1 is 1.19 bits per heavy atom. The van der Waals surface area contributed by atoms with Crippen LogP contribution in [0.25, 0.3) is 10.6 Å². The maximum atomic E-state index is 12.7. The Morgan fingerprint density at radius 3 is 2.50 bits per heavy atom. The van der Waals surface area contributed by atoms with Gasteiger partial charge in [0.05, 0.1) is 9.77 Å². The molecule has 1 aromatic carbocycles. The summed E-state index contributed by atoms with van der Waals surface area (Å²) in [6, 6.07) is 9.09. The molecule has 138 valence electrons. The van der Waals surface area contributed by atoms with E-state index in [2.05, 4.69) is 14.9 Å². The number of rotatable bonds is 6. The number of aryl methyl sites for hydroxylation is 2. The van der Waals surface area contributed by atoms with Crippen molar-refractivity contribution in [1.29, 1.82) is 0 Å². The van der Waals surface area contributed by atoms with Gasteiger partial charge in [0.2, 0.25) is 10.0 Å². The summed E-state index contributed by atoms with van der Waals surface area (Å²) in [6.45, 7) is 6.07. The molecule has 0 amide bonds. The molecule has 8 heteroatoms. The number of aromatic nitrogens is 2. The topological polar surface area (TPSA) is 74.8 Å². The lowest BCUT2D eigenvalue weighted by Gasteiger charge is -2.06. The van der Waals surface area contributed by atoms with Crippen molar-refractivity contribution in [2.24, 2.45) is 0 Å². The van der Waals surface area contributed by atoms with Gasteiger partial charge in [0.1, 0.15) is 5.69 Å². The van der Waals surface area contributed by atoms with Gasteiger partial charge in [-0.25, -0.2) is 13.1 Å². The molecule has 0 saturated carbocycles. The summed E-state index contributed by atoms with van der Waals surface area (Å²) >= 11 is 7.30. The summed E-state index contributed by atoms with van der Waals surface area (Å²) in [5.74, 6) is 0. The molecule has 0 aliphatic carbocycles. The standard InChI is InChI=1S/C18H20ClN3O2S2/c1-11-12(2)21-22-18(11)16-10-17(13(3)25-16)26(23,24)20-9-8-14-4-6-15(19)7-5-14/h4-7,10,20H,8-9H2,1-3H3,(H,21,22). The number of H-pyrrole nitrogens is 1. The third kappa shape index (κ3) is 4.01. The van der Waals surface area contributed by atoms with Gasteiger partial charge in [0.15, 0.2) is 0 Å². The SMILES string of the molecule is Cc1[nH]nc(-c2cc(S(=O)(=O)NCCc3ccc(Cl)cc3)c(C)s2)c1C. The van der Waals surface area contributed by atoms with Crippen molar-refractivity contribution in [3.63, 3.8) is 0 Å². The Morgan fingerprint density at radius 2 is 1.88 bits per heavy atom. The predicted molar refractivity (Wildman–Crippen MR) is 106 cm³/mol. The summed E-state index contributed by atoms with van der Waals surface area (Å²) in [5.41, 5.74) is 3.85. The van der Waals surface area contributed by atoms with E-state index >= 15 is 0 Å². The molecule has 2 heterocycles. The molecule has 3 aromatic rings. The third-order valence-electron chi connectivity index (χ3n) is 4.27. The van der Waals surface area contributed by atoms with E-state index in [9.17, 15) is 8.42 Å². The van der Waals surface area contributed by atoms with Crippen LogP contribution in [0.3, 0.4) is 0 Å². The van der Waals surface area contributed by atoms with Crippen molar-refractivity contribution in [3.8, 4) is 10.6 Å². The highest BCUT2D eigenvalue weighted by Gasteiger charge is 2.21. The van der Waals surface area contributed by atoms with Crippen LogP contribution >= 0.6 is 22.9 Å². The molecule has 0 aliphatic rings. The van der Waals surface area contributed by atoms with Gasteiger partial charge in [0.25, 0.3) is 0 Å². The molecule has 0 saturated heterocycles. The van der Waals surface area contributed by atoms with Gasteiger partial charge in [-0.05, 0) is 56.5 Å². The quantitative estimate of drug-likeness (QED) is 0.639. The number of hydrogen-bond acceptors (Lipinski definition) is 4. The second-order valence-electron chi connectivity index (χ2n) is 6.13. The zero-order valence-electron chi connectivity index (χ0n) is 14.8. The highest BCUT2D eigenvalue weighted by molar-refractivity contribution is 7.89. The van der Waals surface area contributed by atoms with E-state index in [1.54, 1.807) is 18.2 Å². The number of aromatic amines is 1. The Kier molecular flexibility index (Phi) is 5.53. The summed E-state index contributed by atoms with van der Waals surface area (Å²) in [6.07, 6.45) is 0.601. The van der Waals surface area contributed by atoms with Gasteiger partial charge >= 0.3 is 0 Å². The molecule has 3 rings (SSSR count). The number of nitrogens with one attached hydrogen (secondary N) is 2. The van der Waals surface area contributed by atoms with E-state index in [0.717, 1.165) is 32.3 Å². The Hall–Kier alpha value is -1.67. The van der Waals surface area contributed by atoms with Gasteiger partial charge in [0, 0.05) is 22.1 Å². The second kappa shape index (κ2) is 7.52. The van der Waals surface area contributed by atoms with Crippen LogP contribution in [-0.4, -0.2) is 25.2 Å². The number of sulfonamides is 1. The summed E-state index contributed by atoms with van der Waals surface area (Å²) in [7, 11) is -3.57. The maximum Gasteiger partial charge on any atom is 0.241 e. The fraction of sp³-hybridized carbons (Fsp3) is 0.278. The first-order chi connectivity index (χ1) is 12.3. The zero-order valence-corrected chi connectivity index (χ0v) is 17.1. The number of thiophene rings is 1. The molecule has 5 nitrogen and oxygen atoms in total. The molecule has 26 heavy (non-hydrogen) atoms. The van der Waals surface area contributed by atoms with Crippen molar-refractivity contribution in [3.05, 3.63) is 57.1 Å². The van der Waals surface area contributed by atoms with Crippen LogP contribution in [0.1, 0.15) is 21.7 Å². The molecular formula is C18H20ClN3O2S2. The van der Waals surface area contributed by atoms with E-state index in [1.807, 2.05) is 32.9 Å². The predicted octanol–water partition coefficient (Wildman–Crippen LogP) is 4.24. The summed E-state index contributed by atoms with van der Waals surface area (Å²) < 4.78 is 28.0. The molecule has 0 unspecified atom stereocenters. The highest BCUT2D eigenvalue weighted by Crippen LogP contribution is 2.34. The lowest BCUT2D eigenvalue weighted by molar-refractivity contribution is 0.581. The zero-order chi connectivity index (χ0) is 18.9. The first-order valence-corrected chi connectivity index (χ1v) is 10.8. The Labute approximate surface area is 162 Å². The smallest absolute Gasteiger partial charge is 0.241 e. The molecule has 0 fully saturated rings. The van der Waals surface area contributed by atoms with Gasteiger partial charge < -0.3 is 0 Å². The number of nitrogens with zero attached hydrogens (tertiary/aromatic N) is 1. The van der Waals surface area contributed by atoms with Crippen LogP contribution in [-0.2, 0) is 16.4 Å². The van der Waals surface area contributed by atoms with E-state index in [1.165, 1.54) is 11.3 Å². The molecule has 0 atom stereocenters. The van der Waals surface area contributed by atoms with Crippen LogP contribution in [0, 0.1) is 20.8 Å². The van der Waals surface area contributed by atoms with E-state index in [-0.39, 0.29) is 0 Å². The molecule has 0 bridgehead atoms. The van der Waals surface area contributed by atoms with E-state index in [0.29, 0.717) is 22.9 Å². The second-order valence-corrected chi connectivity index (χ2v) is 9.56. The van der Waals surface area contributed by atoms with Crippen molar-refractivity contribution >= 4 is 33.0 Å². The van der Waals surface area contributed by atoms with Gasteiger partial charge in [-0.15, -0.1) is 11.3 Å². The van der Waals surface area contributed by atoms with Crippen LogP contribution in [0.4, 0.5) is 0 Å². The fourth-order valence-electron chi connectivity index (χ4n) is 2.63. The Balaban J connectivity index is 1.75. The van der Waals surface area contributed by atoms with Gasteiger partial charge in [-0.1, -0.05) is 23.7 Å². The minimum Gasteiger partial charge on any atom is -0.282 e. The van der Waals surface area contributed by atoms with E-state index in [4.69, 9.17) is 11.6 Å². The average Bonchev–Trinajstić information content (AvgIpc) is 3.13. The van der Waals surface area contributed by atoms with Crippen LogP contribution in [0.5, 0.6) is 0 Å². The lowest BCUT2D eigenvalue weighted by atomic mass is 10.2. The van der Waals surface area contributed by atoms with Crippen molar-refractivity contribution in [2.75, 3.05) is 6.54 Å². The molecule has 2 aromatic heterocycles. The third-order valence-corrected chi connectivity index (χ3v) is 7.29. The normalized spacial score (nSPS) is 11.8. The fourth-order valence-corrected chi connectivity index (χ4v) is 5.43. The molecular weight excluding hydrogens is 390 g/mol. The Bertz CT molecular complexity index is 1020. The van der Waals surface area contributed by atoms with Crippen molar-refractivity contribution in [1.82, 2.24) is 14.9 Å². The minimum atomic E-state index is -3.57. The first-order valence-electron chi connectivity index (χ1n) is 8.14. The van der Waals surface area contributed by atoms with Crippen LogP contribution in [0.15, 0.2) is 35.2 Å². The number of hydrogen-bond donors (Lipinski definition) is 2. The van der Waals surface area contributed by atoms with Crippen LogP contribution < -0.4 is 4.72 Å². The maximum absolute atomic E-state index is 12.7. The first kappa shape index (κ1) is 19.1. The number of benzene rings is 1. The minimum absolute atomic E-state index is 0.314. The van der Waals surface area contributed by atoms with Gasteiger partial charge in [-0.3, -0.25) is 5.10 Å². The highest BCUT2D eigenvalue weighted by atomic mass is 35.5. The van der Waals surface area contributed by atoms with Crippen molar-refractivity contribution < 1.29 is 8.42 Å². The molecule has 0 spiro atoms. The van der Waals surface area contributed by atoms with E-state index < -0.39 is 10.0 Å². The molecule has 0 aliphatic heterocycles. The average molecular weight is 410 g/mol. The van der Waals surface area contributed by atoms with Gasteiger partial charge in [-0.2, -0.15) is 5.10 Å². The lowest BCUT2D eigenvalue weighted by Crippen LogP contribution is -2.26. The summed E-state index contributed by atoms with van der Waals surface area (Å²) in [5, 5.41) is 7.90.